The summed E-state index contributed by atoms with van der Waals surface area (Å²) in [6, 6.07) is 3.93. The van der Waals surface area contributed by atoms with Gasteiger partial charge in [-0.1, -0.05) is 6.92 Å². The normalized spacial score (nSPS) is 11.3. The first-order valence-corrected chi connectivity index (χ1v) is 8.09. The summed E-state index contributed by atoms with van der Waals surface area (Å²) in [7, 11) is -3.43. The van der Waals surface area contributed by atoms with Gasteiger partial charge in [0.1, 0.15) is 6.61 Å². The van der Waals surface area contributed by atoms with Crippen LogP contribution < -0.4 is 5.73 Å². The second-order valence-corrected chi connectivity index (χ2v) is 6.33. The fraction of sp³-hybridized carbons (Fsp3) is 0.462. The Hall–Kier alpha value is -1.60. The van der Waals surface area contributed by atoms with Crippen molar-refractivity contribution in [2.45, 2.75) is 18.2 Å². The quantitative estimate of drug-likeness (QED) is 0.462. The largest absolute Gasteiger partial charge is 0.460 e. The molecule has 0 radical (unpaired) electrons. The smallest absolute Gasteiger partial charge is 0.338 e. The molecule has 0 fully saturated rings. The molecule has 0 bridgehead atoms. The van der Waals surface area contributed by atoms with E-state index in [1.807, 2.05) is 6.92 Å². The molecule has 0 saturated heterocycles. The maximum Gasteiger partial charge on any atom is 0.338 e. The van der Waals surface area contributed by atoms with Crippen molar-refractivity contribution in [1.29, 1.82) is 0 Å². The predicted molar refractivity (Wildman–Crippen MR) is 75.4 cm³/mol. The first-order chi connectivity index (χ1) is 9.34. The monoisotopic (exact) mass is 301 g/mol. The van der Waals surface area contributed by atoms with Crippen molar-refractivity contribution in [2.24, 2.45) is 0 Å². The Labute approximate surface area is 118 Å². The zero-order valence-electron chi connectivity index (χ0n) is 11.6. The van der Waals surface area contributed by atoms with E-state index >= 15 is 0 Å². The standard InChI is InChI=1S/C13H19NO5S/c1-3-4-18-5-6-19-13(15)10-7-11(14)9-12(8-10)20(2,16)17/h7-9H,3-6,14H2,1-2H3. The van der Waals surface area contributed by atoms with Gasteiger partial charge in [-0.3, -0.25) is 0 Å². The average molecular weight is 301 g/mol. The van der Waals surface area contributed by atoms with E-state index in [0.717, 1.165) is 12.7 Å². The molecule has 0 atom stereocenters. The number of benzene rings is 1. The predicted octanol–water partition coefficient (Wildman–Crippen LogP) is 1.26. The molecule has 0 aliphatic carbocycles. The van der Waals surface area contributed by atoms with Gasteiger partial charge in [-0.25, -0.2) is 13.2 Å². The third-order valence-electron chi connectivity index (χ3n) is 2.40. The van der Waals surface area contributed by atoms with Crippen LogP contribution in [0, 0.1) is 0 Å². The summed E-state index contributed by atoms with van der Waals surface area (Å²) in [5.41, 5.74) is 5.90. The zero-order chi connectivity index (χ0) is 15.2. The van der Waals surface area contributed by atoms with Crippen molar-refractivity contribution in [3.05, 3.63) is 23.8 Å². The van der Waals surface area contributed by atoms with E-state index in [4.69, 9.17) is 15.2 Å². The van der Waals surface area contributed by atoms with Gasteiger partial charge in [-0.15, -0.1) is 0 Å². The average Bonchev–Trinajstić information content (AvgIpc) is 2.36. The second-order valence-electron chi connectivity index (χ2n) is 4.31. The molecule has 0 aliphatic heterocycles. The van der Waals surface area contributed by atoms with E-state index in [1.165, 1.54) is 18.2 Å². The Morgan fingerprint density at radius 1 is 1.20 bits per heavy atom. The van der Waals surface area contributed by atoms with Gasteiger partial charge in [0.2, 0.25) is 0 Å². The van der Waals surface area contributed by atoms with Gasteiger partial charge in [0.15, 0.2) is 9.84 Å². The lowest BCUT2D eigenvalue weighted by molar-refractivity contribution is 0.0318. The molecule has 20 heavy (non-hydrogen) atoms. The number of sulfone groups is 1. The third kappa shape index (κ3) is 5.18. The van der Waals surface area contributed by atoms with Gasteiger partial charge in [0, 0.05) is 18.6 Å². The van der Waals surface area contributed by atoms with Crippen LogP contribution in [0.3, 0.4) is 0 Å². The highest BCUT2D eigenvalue weighted by Crippen LogP contribution is 2.17. The molecule has 1 rings (SSSR count). The minimum absolute atomic E-state index is 0.00770. The van der Waals surface area contributed by atoms with Gasteiger partial charge in [0.05, 0.1) is 17.1 Å². The number of ether oxygens (including phenoxy) is 2. The van der Waals surface area contributed by atoms with Crippen molar-refractivity contribution < 1.29 is 22.7 Å². The van der Waals surface area contributed by atoms with Crippen LogP contribution in [0.1, 0.15) is 23.7 Å². The van der Waals surface area contributed by atoms with E-state index in [1.54, 1.807) is 0 Å². The lowest BCUT2D eigenvalue weighted by Crippen LogP contribution is -2.12. The summed E-state index contributed by atoms with van der Waals surface area (Å²) in [5, 5.41) is 0. The molecule has 0 unspecified atom stereocenters. The summed E-state index contributed by atoms with van der Waals surface area (Å²) in [4.78, 5) is 11.8. The van der Waals surface area contributed by atoms with Crippen LogP contribution in [-0.4, -0.2) is 40.5 Å². The lowest BCUT2D eigenvalue weighted by Gasteiger charge is -2.07. The molecule has 1 aromatic carbocycles. The molecule has 0 aliphatic rings. The Balaban J connectivity index is 2.71. The number of carbonyl (C=O) groups is 1. The van der Waals surface area contributed by atoms with Gasteiger partial charge in [-0.05, 0) is 24.6 Å². The topological polar surface area (TPSA) is 95.7 Å². The van der Waals surface area contributed by atoms with Gasteiger partial charge in [0.25, 0.3) is 0 Å². The Morgan fingerprint density at radius 2 is 1.90 bits per heavy atom. The molecule has 0 amide bonds. The fourth-order valence-electron chi connectivity index (χ4n) is 1.48. The fourth-order valence-corrected chi connectivity index (χ4v) is 2.17. The lowest BCUT2D eigenvalue weighted by atomic mass is 10.2. The minimum atomic E-state index is -3.43. The number of carbonyl (C=O) groups excluding carboxylic acids is 1. The Kier molecular flexibility index (Phi) is 5.97. The maximum atomic E-state index is 11.8. The van der Waals surface area contributed by atoms with Gasteiger partial charge in [-0.2, -0.15) is 0 Å². The molecule has 6 nitrogen and oxygen atoms in total. The van der Waals surface area contributed by atoms with E-state index < -0.39 is 15.8 Å². The number of esters is 1. The summed E-state index contributed by atoms with van der Waals surface area (Å²) in [5.74, 6) is -0.623. The van der Waals surface area contributed by atoms with Crippen LogP contribution in [0.2, 0.25) is 0 Å². The van der Waals surface area contributed by atoms with Crippen LogP contribution in [0.15, 0.2) is 23.1 Å². The van der Waals surface area contributed by atoms with Gasteiger partial charge < -0.3 is 15.2 Å². The number of nitrogens with two attached hydrogens (primary N) is 1. The summed E-state index contributed by atoms with van der Waals surface area (Å²) < 4.78 is 33.1. The molecule has 7 heteroatoms. The van der Waals surface area contributed by atoms with Crippen molar-refractivity contribution >= 4 is 21.5 Å². The van der Waals surface area contributed by atoms with Crippen LogP contribution in [0.25, 0.3) is 0 Å². The number of rotatable bonds is 7. The Bertz CT molecular complexity index is 568. The summed E-state index contributed by atoms with van der Waals surface area (Å²) in [6.07, 6.45) is 1.94. The first kappa shape index (κ1) is 16.5. The van der Waals surface area contributed by atoms with Crippen molar-refractivity contribution in [3.63, 3.8) is 0 Å². The molecule has 0 aromatic heterocycles. The highest BCUT2D eigenvalue weighted by atomic mass is 32.2. The third-order valence-corrected chi connectivity index (χ3v) is 3.49. The second kappa shape index (κ2) is 7.25. The maximum absolute atomic E-state index is 11.8. The van der Waals surface area contributed by atoms with Crippen LogP contribution in [0.5, 0.6) is 0 Å². The first-order valence-electron chi connectivity index (χ1n) is 6.20. The van der Waals surface area contributed by atoms with Crippen molar-refractivity contribution in [1.82, 2.24) is 0 Å². The Morgan fingerprint density at radius 3 is 2.50 bits per heavy atom. The van der Waals surface area contributed by atoms with Crippen molar-refractivity contribution in [3.8, 4) is 0 Å². The number of hydrogen-bond acceptors (Lipinski definition) is 6. The van der Waals surface area contributed by atoms with E-state index in [-0.39, 0.29) is 22.8 Å². The molecular weight excluding hydrogens is 282 g/mol. The molecule has 2 N–H and O–H groups in total. The molecular formula is C13H19NO5S. The molecule has 1 aromatic rings. The SMILES string of the molecule is CCCOCCOC(=O)c1cc(N)cc(S(C)(=O)=O)c1. The van der Waals surface area contributed by atoms with E-state index in [9.17, 15) is 13.2 Å². The molecule has 0 heterocycles. The number of hydrogen-bond donors (Lipinski definition) is 1. The number of anilines is 1. The van der Waals surface area contributed by atoms with Crippen LogP contribution >= 0.6 is 0 Å². The summed E-state index contributed by atoms with van der Waals surface area (Å²) in [6.45, 7) is 3.00. The van der Waals surface area contributed by atoms with Crippen LogP contribution in [-0.2, 0) is 19.3 Å². The van der Waals surface area contributed by atoms with Gasteiger partial charge >= 0.3 is 5.97 Å². The molecule has 0 saturated carbocycles. The van der Waals surface area contributed by atoms with Crippen molar-refractivity contribution in [2.75, 3.05) is 31.8 Å². The highest BCUT2D eigenvalue weighted by Gasteiger charge is 2.14. The van der Waals surface area contributed by atoms with Crippen LogP contribution in [0.4, 0.5) is 5.69 Å². The van der Waals surface area contributed by atoms with E-state index in [0.29, 0.717) is 13.2 Å². The number of nitrogen functional groups attached to an aromatic ring is 1. The highest BCUT2D eigenvalue weighted by molar-refractivity contribution is 7.90. The zero-order valence-corrected chi connectivity index (χ0v) is 12.4. The van der Waals surface area contributed by atoms with E-state index in [2.05, 4.69) is 0 Å². The molecule has 112 valence electrons. The summed E-state index contributed by atoms with van der Waals surface area (Å²) >= 11 is 0. The minimum Gasteiger partial charge on any atom is -0.460 e. The molecule has 0 spiro atoms.